The molecule has 0 radical (unpaired) electrons. The molecule has 29 heavy (non-hydrogen) atoms. The van der Waals surface area contributed by atoms with E-state index in [0.29, 0.717) is 18.9 Å². The van der Waals surface area contributed by atoms with Crippen molar-refractivity contribution in [1.29, 1.82) is 0 Å². The van der Waals surface area contributed by atoms with E-state index in [-0.39, 0.29) is 30.6 Å². The Morgan fingerprint density at radius 3 is 2.45 bits per heavy atom. The Morgan fingerprint density at radius 1 is 1.00 bits per heavy atom. The summed E-state index contributed by atoms with van der Waals surface area (Å²) in [6, 6.07) is 11.2. The van der Waals surface area contributed by atoms with E-state index in [1.54, 1.807) is 18.2 Å². The normalized spacial score (nSPS) is 11.5. The first-order valence-electron chi connectivity index (χ1n) is 9.17. The zero-order valence-electron chi connectivity index (χ0n) is 16.3. The van der Waals surface area contributed by atoms with Gasteiger partial charge in [-0.25, -0.2) is 4.79 Å². The molecule has 0 atom stereocenters. The number of benzene rings is 2. The van der Waals surface area contributed by atoms with Gasteiger partial charge in [0.15, 0.2) is 0 Å². The number of halogens is 3. The highest BCUT2D eigenvalue weighted by Gasteiger charge is 2.30. The van der Waals surface area contributed by atoms with Crippen LogP contribution < -0.4 is 5.32 Å². The minimum atomic E-state index is -4.45. The van der Waals surface area contributed by atoms with E-state index < -0.39 is 17.7 Å². The van der Waals surface area contributed by atoms with Gasteiger partial charge in [-0.1, -0.05) is 18.2 Å². The fourth-order valence-electron chi connectivity index (χ4n) is 2.41. The molecular weight excluding hydrogens is 387 g/mol. The van der Waals surface area contributed by atoms with E-state index in [0.717, 1.165) is 12.1 Å². The van der Waals surface area contributed by atoms with Gasteiger partial charge in [-0.05, 0) is 44.2 Å². The molecule has 0 bridgehead atoms. The number of carbonyl (C=O) groups excluding carboxylic acids is 1. The number of rotatable bonds is 10. The SMILES string of the molecule is CC(C)OCCOCCOC(=O)c1ccccc1Nc1cccc(C(F)(F)F)c1. The molecule has 0 fully saturated rings. The van der Waals surface area contributed by atoms with Crippen LogP contribution in [0.5, 0.6) is 0 Å². The monoisotopic (exact) mass is 411 g/mol. The average Bonchev–Trinajstić information content (AvgIpc) is 2.67. The van der Waals surface area contributed by atoms with Crippen LogP contribution in [0, 0.1) is 0 Å². The maximum Gasteiger partial charge on any atom is 0.416 e. The van der Waals surface area contributed by atoms with Gasteiger partial charge < -0.3 is 19.5 Å². The number of alkyl halides is 3. The van der Waals surface area contributed by atoms with Crippen LogP contribution in [-0.4, -0.2) is 38.5 Å². The first-order chi connectivity index (χ1) is 13.8. The molecule has 0 saturated carbocycles. The molecule has 0 aliphatic carbocycles. The second-order valence-corrected chi connectivity index (χ2v) is 6.42. The van der Waals surface area contributed by atoms with Gasteiger partial charge in [0.05, 0.1) is 42.7 Å². The summed E-state index contributed by atoms with van der Waals surface area (Å²) in [7, 11) is 0. The first-order valence-corrected chi connectivity index (χ1v) is 9.17. The summed E-state index contributed by atoms with van der Waals surface area (Å²) in [5.74, 6) is -0.595. The van der Waals surface area contributed by atoms with Crippen LogP contribution in [0.25, 0.3) is 0 Å². The van der Waals surface area contributed by atoms with Gasteiger partial charge in [0.2, 0.25) is 0 Å². The van der Waals surface area contributed by atoms with E-state index in [4.69, 9.17) is 14.2 Å². The molecule has 0 saturated heterocycles. The zero-order valence-corrected chi connectivity index (χ0v) is 16.3. The first kappa shape index (κ1) is 22.7. The predicted octanol–water partition coefficient (Wildman–Crippen LogP) is 5.05. The van der Waals surface area contributed by atoms with Crippen molar-refractivity contribution in [3.05, 3.63) is 59.7 Å². The molecule has 2 aromatic carbocycles. The lowest BCUT2D eigenvalue weighted by Crippen LogP contribution is -2.15. The molecule has 0 heterocycles. The highest BCUT2D eigenvalue weighted by molar-refractivity contribution is 5.96. The molecule has 2 aromatic rings. The molecule has 2 rings (SSSR count). The lowest BCUT2D eigenvalue weighted by molar-refractivity contribution is -0.137. The number of esters is 1. The number of ether oxygens (including phenoxy) is 3. The molecule has 0 aliphatic heterocycles. The number of hydrogen-bond donors (Lipinski definition) is 1. The van der Waals surface area contributed by atoms with Gasteiger partial charge >= 0.3 is 12.1 Å². The lowest BCUT2D eigenvalue weighted by atomic mass is 10.1. The standard InChI is InChI=1S/C21H24F3NO4/c1-15(2)28-12-10-27-11-13-29-20(26)18-8-3-4-9-19(18)25-17-7-5-6-16(14-17)21(22,23)24/h3-9,14-15,25H,10-13H2,1-2H3. The second-order valence-electron chi connectivity index (χ2n) is 6.42. The lowest BCUT2D eigenvalue weighted by Gasteiger charge is -2.14. The summed E-state index contributed by atoms with van der Waals surface area (Å²) < 4.78 is 54.5. The zero-order chi connectivity index (χ0) is 21.3. The van der Waals surface area contributed by atoms with Gasteiger partial charge in [0, 0.05) is 5.69 Å². The van der Waals surface area contributed by atoms with Gasteiger partial charge in [-0.2, -0.15) is 13.2 Å². The molecule has 0 aliphatic rings. The van der Waals surface area contributed by atoms with Crippen LogP contribution >= 0.6 is 0 Å². The van der Waals surface area contributed by atoms with Crippen LogP contribution in [0.4, 0.5) is 24.5 Å². The maximum absolute atomic E-state index is 12.9. The number of nitrogens with one attached hydrogen (secondary N) is 1. The van der Waals surface area contributed by atoms with Crippen molar-refractivity contribution in [3.8, 4) is 0 Å². The van der Waals surface area contributed by atoms with Crippen molar-refractivity contribution in [2.75, 3.05) is 31.7 Å². The third-order valence-corrected chi connectivity index (χ3v) is 3.76. The molecule has 158 valence electrons. The number of carbonyl (C=O) groups is 1. The molecule has 0 amide bonds. The van der Waals surface area contributed by atoms with Gasteiger partial charge in [-0.15, -0.1) is 0 Å². The van der Waals surface area contributed by atoms with Gasteiger partial charge in [0.1, 0.15) is 6.61 Å². The van der Waals surface area contributed by atoms with E-state index in [1.807, 2.05) is 13.8 Å². The average molecular weight is 411 g/mol. The summed E-state index contributed by atoms with van der Waals surface area (Å²) in [6.45, 7) is 4.97. The number of hydrogen-bond acceptors (Lipinski definition) is 5. The van der Waals surface area contributed by atoms with Crippen molar-refractivity contribution < 1.29 is 32.2 Å². The Morgan fingerprint density at radius 2 is 1.72 bits per heavy atom. The fourth-order valence-corrected chi connectivity index (χ4v) is 2.41. The summed E-state index contributed by atoms with van der Waals surface area (Å²) >= 11 is 0. The predicted molar refractivity (Wildman–Crippen MR) is 103 cm³/mol. The van der Waals surface area contributed by atoms with Crippen molar-refractivity contribution in [1.82, 2.24) is 0 Å². The largest absolute Gasteiger partial charge is 0.460 e. The summed E-state index contributed by atoms with van der Waals surface area (Å²) in [5, 5.41) is 2.85. The Kier molecular flexibility index (Phi) is 8.48. The van der Waals surface area contributed by atoms with Crippen LogP contribution in [0.2, 0.25) is 0 Å². The van der Waals surface area contributed by atoms with Crippen molar-refractivity contribution in [2.24, 2.45) is 0 Å². The van der Waals surface area contributed by atoms with Crippen LogP contribution in [-0.2, 0) is 20.4 Å². The van der Waals surface area contributed by atoms with Crippen LogP contribution in [0.15, 0.2) is 48.5 Å². The van der Waals surface area contributed by atoms with E-state index in [2.05, 4.69) is 5.32 Å². The molecular formula is C21H24F3NO4. The summed E-state index contributed by atoms with van der Waals surface area (Å²) in [5.41, 5.74) is 0.00541. The van der Waals surface area contributed by atoms with Gasteiger partial charge in [0.25, 0.3) is 0 Å². The molecule has 5 nitrogen and oxygen atoms in total. The minimum absolute atomic E-state index is 0.0540. The van der Waals surface area contributed by atoms with E-state index in [9.17, 15) is 18.0 Å². The van der Waals surface area contributed by atoms with Crippen molar-refractivity contribution in [2.45, 2.75) is 26.1 Å². The van der Waals surface area contributed by atoms with Gasteiger partial charge in [-0.3, -0.25) is 0 Å². The highest BCUT2D eigenvalue weighted by atomic mass is 19.4. The molecule has 0 spiro atoms. The fraction of sp³-hybridized carbons (Fsp3) is 0.381. The number of para-hydroxylation sites is 1. The Labute approximate surface area is 167 Å². The van der Waals surface area contributed by atoms with Crippen LogP contribution in [0.3, 0.4) is 0 Å². The van der Waals surface area contributed by atoms with Crippen LogP contribution in [0.1, 0.15) is 29.8 Å². The molecule has 0 unspecified atom stereocenters. The Bertz CT molecular complexity index is 793. The summed E-state index contributed by atoms with van der Waals surface area (Å²) in [4.78, 5) is 12.3. The minimum Gasteiger partial charge on any atom is -0.460 e. The third-order valence-electron chi connectivity index (χ3n) is 3.76. The quantitative estimate of drug-likeness (QED) is 0.438. The van der Waals surface area contributed by atoms with Crippen molar-refractivity contribution in [3.63, 3.8) is 0 Å². The Hall–Kier alpha value is -2.58. The van der Waals surface area contributed by atoms with E-state index >= 15 is 0 Å². The molecule has 0 aromatic heterocycles. The number of anilines is 2. The topological polar surface area (TPSA) is 56.8 Å². The molecule has 1 N–H and O–H groups in total. The third kappa shape index (κ3) is 7.75. The smallest absolute Gasteiger partial charge is 0.416 e. The highest BCUT2D eigenvalue weighted by Crippen LogP contribution is 2.31. The second kappa shape index (κ2) is 10.8. The Balaban J connectivity index is 1.92. The maximum atomic E-state index is 12.9. The van der Waals surface area contributed by atoms with E-state index in [1.165, 1.54) is 18.2 Å². The molecule has 8 heteroatoms. The summed E-state index contributed by atoms with van der Waals surface area (Å²) in [6.07, 6.45) is -4.33. The van der Waals surface area contributed by atoms with Crippen molar-refractivity contribution >= 4 is 17.3 Å².